The lowest BCUT2D eigenvalue weighted by Crippen LogP contribution is -2.26. The van der Waals surface area contributed by atoms with Crippen LogP contribution in [0.1, 0.15) is 39.5 Å². The van der Waals surface area contributed by atoms with Crippen molar-refractivity contribution < 1.29 is 28.5 Å². The minimum atomic E-state index is -0.572. The molecule has 2 atom stereocenters. The molecule has 0 bridgehead atoms. The molecule has 0 aromatic carbocycles. The van der Waals surface area contributed by atoms with Gasteiger partial charge < -0.3 is 23.7 Å². The van der Waals surface area contributed by atoms with Crippen molar-refractivity contribution in [3.63, 3.8) is 0 Å². The van der Waals surface area contributed by atoms with E-state index in [-0.39, 0.29) is 12.1 Å². The van der Waals surface area contributed by atoms with E-state index in [4.69, 9.17) is 23.7 Å². The zero-order valence-electron chi connectivity index (χ0n) is 15.3. The SMILES string of the molecule is CCOCCOCCOc1ccc([C@@H]2OC2C(=O)OC(C)(C)C)nc1. The van der Waals surface area contributed by atoms with Gasteiger partial charge in [-0.3, -0.25) is 4.98 Å². The second-order valence-electron chi connectivity index (χ2n) is 6.59. The van der Waals surface area contributed by atoms with Crippen molar-refractivity contribution >= 4 is 5.97 Å². The van der Waals surface area contributed by atoms with E-state index in [1.807, 2.05) is 27.7 Å². The molecule has 0 saturated carbocycles. The Labute approximate surface area is 148 Å². The number of nitrogens with zero attached hydrogens (tertiary/aromatic N) is 1. The van der Waals surface area contributed by atoms with E-state index in [9.17, 15) is 4.79 Å². The minimum Gasteiger partial charge on any atom is -0.490 e. The Morgan fingerprint density at radius 2 is 1.88 bits per heavy atom. The van der Waals surface area contributed by atoms with Gasteiger partial charge in [0.05, 0.1) is 31.7 Å². The van der Waals surface area contributed by atoms with Gasteiger partial charge in [-0.15, -0.1) is 0 Å². The summed E-state index contributed by atoms with van der Waals surface area (Å²) in [5, 5.41) is 0. The van der Waals surface area contributed by atoms with Crippen LogP contribution in [0.15, 0.2) is 18.3 Å². The van der Waals surface area contributed by atoms with E-state index >= 15 is 0 Å². The molecule has 1 fully saturated rings. The molecule has 1 saturated heterocycles. The Balaban J connectivity index is 1.68. The van der Waals surface area contributed by atoms with Gasteiger partial charge in [0.15, 0.2) is 6.10 Å². The quantitative estimate of drug-likeness (QED) is 0.363. The fraction of sp³-hybridized carbons (Fsp3) is 0.667. The topological polar surface area (TPSA) is 79.4 Å². The van der Waals surface area contributed by atoms with Crippen molar-refractivity contribution in [1.82, 2.24) is 4.98 Å². The summed E-state index contributed by atoms with van der Waals surface area (Å²) in [6, 6.07) is 3.59. The molecule has 1 unspecified atom stereocenters. The summed E-state index contributed by atoms with van der Waals surface area (Å²) in [6.07, 6.45) is 0.701. The van der Waals surface area contributed by atoms with Crippen molar-refractivity contribution in [1.29, 1.82) is 0 Å². The normalized spacial score (nSPS) is 19.5. The molecule has 7 nitrogen and oxygen atoms in total. The van der Waals surface area contributed by atoms with Crippen molar-refractivity contribution in [3.8, 4) is 5.75 Å². The summed E-state index contributed by atoms with van der Waals surface area (Å²) < 4.78 is 26.8. The summed E-state index contributed by atoms with van der Waals surface area (Å²) in [5.74, 6) is 0.287. The molecule has 0 aliphatic carbocycles. The van der Waals surface area contributed by atoms with E-state index < -0.39 is 11.7 Å². The van der Waals surface area contributed by atoms with Crippen LogP contribution < -0.4 is 4.74 Å². The highest BCUT2D eigenvalue weighted by molar-refractivity contribution is 5.78. The maximum Gasteiger partial charge on any atom is 0.338 e. The largest absolute Gasteiger partial charge is 0.490 e. The van der Waals surface area contributed by atoms with Gasteiger partial charge in [0.1, 0.15) is 24.1 Å². The number of aromatic nitrogens is 1. The molecule has 7 heteroatoms. The van der Waals surface area contributed by atoms with Crippen molar-refractivity contribution in [3.05, 3.63) is 24.0 Å². The average Bonchev–Trinajstić information content (AvgIpc) is 3.34. The maximum atomic E-state index is 11.9. The third kappa shape index (κ3) is 6.97. The highest BCUT2D eigenvalue weighted by Crippen LogP contribution is 2.39. The third-order valence-electron chi connectivity index (χ3n) is 3.25. The first-order chi connectivity index (χ1) is 11.9. The number of hydrogen-bond donors (Lipinski definition) is 0. The van der Waals surface area contributed by atoms with Crippen LogP contribution in [0.4, 0.5) is 0 Å². The fourth-order valence-electron chi connectivity index (χ4n) is 2.10. The van der Waals surface area contributed by atoms with Crippen LogP contribution in [-0.4, -0.2) is 55.7 Å². The molecule has 0 radical (unpaired) electrons. The Morgan fingerprint density at radius 1 is 1.16 bits per heavy atom. The van der Waals surface area contributed by atoms with Crippen LogP contribution in [0.2, 0.25) is 0 Å². The number of pyridine rings is 1. The Kier molecular flexibility index (Phi) is 7.16. The number of carbonyl (C=O) groups excluding carboxylic acids is 1. The molecule has 1 aliphatic rings. The van der Waals surface area contributed by atoms with Gasteiger partial charge in [-0.2, -0.15) is 0 Å². The van der Waals surface area contributed by atoms with E-state index in [0.29, 0.717) is 44.5 Å². The van der Waals surface area contributed by atoms with E-state index in [1.54, 1.807) is 18.3 Å². The zero-order chi connectivity index (χ0) is 18.3. The number of carbonyl (C=O) groups is 1. The molecule has 2 heterocycles. The van der Waals surface area contributed by atoms with Crippen LogP contribution in [0.25, 0.3) is 0 Å². The van der Waals surface area contributed by atoms with E-state index in [1.165, 1.54) is 0 Å². The van der Waals surface area contributed by atoms with Gasteiger partial charge in [0.2, 0.25) is 0 Å². The third-order valence-corrected chi connectivity index (χ3v) is 3.25. The number of hydrogen-bond acceptors (Lipinski definition) is 7. The van der Waals surface area contributed by atoms with Crippen LogP contribution in [-0.2, 0) is 23.7 Å². The highest BCUT2D eigenvalue weighted by Gasteiger charge is 2.49. The van der Waals surface area contributed by atoms with Gasteiger partial charge in [-0.1, -0.05) is 0 Å². The molecule has 0 N–H and O–H groups in total. The molecular weight excluding hydrogens is 326 g/mol. The van der Waals surface area contributed by atoms with Crippen LogP contribution in [0.5, 0.6) is 5.75 Å². The molecule has 1 aromatic heterocycles. The Hall–Kier alpha value is -1.70. The first kappa shape index (κ1) is 19.6. The van der Waals surface area contributed by atoms with Crippen molar-refractivity contribution in [2.24, 2.45) is 0 Å². The first-order valence-corrected chi connectivity index (χ1v) is 8.53. The molecular formula is C18H27NO6. The highest BCUT2D eigenvalue weighted by atomic mass is 16.6. The predicted molar refractivity (Wildman–Crippen MR) is 90.5 cm³/mol. The lowest BCUT2D eigenvalue weighted by atomic mass is 10.2. The molecule has 140 valence electrons. The fourth-order valence-corrected chi connectivity index (χ4v) is 2.10. The van der Waals surface area contributed by atoms with E-state index in [0.717, 1.165) is 0 Å². The second kappa shape index (κ2) is 9.12. The maximum absolute atomic E-state index is 11.9. The van der Waals surface area contributed by atoms with Crippen molar-refractivity contribution in [2.75, 3.05) is 33.0 Å². The summed E-state index contributed by atoms with van der Waals surface area (Å²) in [4.78, 5) is 16.2. The number of epoxide rings is 1. The average molecular weight is 353 g/mol. The summed E-state index contributed by atoms with van der Waals surface area (Å²) >= 11 is 0. The molecule has 2 rings (SSSR count). The number of esters is 1. The van der Waals surface area contributed by atoms with Crippen LogP contribution in [0.3, 0.4) is 0 Å². The Morgan fingerprint density at radius 3 is 2.52 bits per heavy atom. The monoisotopic (exact) mass is 353 g/mol. The molecule has 25 heavy (non-hydrogen) atoms. The standard InChI is InChI=1S/C18H27NO6/c1-5-21-8-9-22-10-11-23-13-6-7-14(19-12-13)15-16(24-15)17(20)25-18(2,3)4/h6-7,12,15-16H,5,8-11H2,1-4H3/t15-,16?/m0/s1. The zero-order valence-corrected chi connectivity index (χ0v) is 15.3. The molecule has 1 aliphatic heterocycles. The van der Waals surface area contributed by atoms with Gasteiger partial charge in [-0.25, -0.2) is 4.79 Å². The lowest BCUT2D eigenvalue weighted by Gasteiger charge is -2.18. The lowest BCUT2D eigenvalue weighted by molar-refractivity contribution is -0.156. The van der Waals surface area contributed by atoms with Crippen LogP contribution >= 0.6 is 0 Å². The van der Waals surface area contributed by atoms with Gasteiger partial charge in [0, 0.05) is 6.61 Å². The van der Waals surface area contributed by atoms with Gasteiger partial charge in [-0.05, 0) is 39.8 Å². The smallest absolute Gasteiger partial charge is 0.338 e. The minimum absolute atomic E-state index is 0.342. The van der Waals surface area contributed by atoms with Gasteiger partial charge >= 0.3 is 5.97 Å². The summed E-state index contributed by atoms with van der Waals surface area (Å²) in [6.45, 7) is 10.2. The Bertz CT molecular complexity index is 539. The number of rotatable bonds is 10. The molecule has 1 aromatic rings. The summed E-state index contributed by atoms with van der Waals surface area (Å²) in [5.41, 5.74) is 0.167. The van der Waals surface area contributed by atoms with Gasteiger partial charge in [0.25, 0.3) is 0 Å². The predicted octanol–water partition coefficient (Wildman–Crippen LogP) is 2.30. The molecule has 0 amide bonds. The van der Waals surface area contributed by atoms with E-state index in [2.05, 4.69) is 4.98 Å². The van der Waals surface area contributed by atoms with Crippen LogP contribution in [0, 0.1) is 0 Å². The second-order valence-corrected chi connectivity index (χ2v) is 6.59. The molecule has 0 spiro atoms. The summed E-state index contributed by atoms with van der Waals surface area (Å²) in [7, 11) is 0. The number of ether oxygens (including phenoxy) is 5. The first-order valence-electron chi connectivity index (χ1n) is 8.53. The van der Waals surface area contributed by atoms with Crippen molar-refractivity contribution in [2.45, 2.75) is 45.5 Å².